The molecule has 0 aliphatic carbocycles. The van der Waals surface area contributed by atoms with Crippen LogP contribution in [0.3, 0.4) is 0 Å². The van der Waals surface area contributed by atoms with Crippen molar-refractivity contribution in [2.45, 2.75) is 6.42 Å². The number of nitrogens with one attached hydrogen (secondary N) is 1. The van der Waals surface area contributed by atoms with Gasteiger partial charge >= 0.3 is 5.97 Å². The molecular weight excluding hydrogens is 384 g/mol. The van der Waals surface area contributed by atoms with Gasteiger partial charge in [0.1, 0.15) is 5.75 Å². The van der Waals surface area contributed by atoms with Crippen LogP contribution < -0.4 is 15.1 Å². The zero-order valence-electron chi connectivity index (χ0n) is 16.7. The van der Waals surface area contributed by atoms with Crippen LogP contribution >= 0.6 is 0 Å². The molecule has 30 heavy (non-hydrogen) atoms. The zero-order chi connectivity index (χ0) is 21.2. The van der Waals surface area contributed by atoms with Gasteiger partial charge in [0.05, 0.1) is 6.21 Å². The Hall–Kier alpha value is -3.39. The van der Waals surface area contributed by atoms with Gasteiger partial charge in [-0.25, -0.2) is 10.2 Å². The number of carboxylic acid groups (broad SMARTS) is 1. The second kappa shape index (κ2) is 11.0. The van der Waals surface area contributed by atoms with Crippen molar-refractivity contribution in [1.82, 2.24) is 10.3 Å². The first-order valence-corrected chi connectivity index (χ1v) is 9.90. The summed E-state index contributed by atoms with van der Waals surface area (Å²) < 4.78 is 5.21. The number of aliphatic carboxylic acids is 1. The van der Waals surface area contributed by atoms with E-state index in [-0.39, 0.29) is 5.91 Å². The fourth-order valence-corrected chi connectivity index (χ4v) is 3.22. The van der Waals surface area contributed by atoms with E-state index in [0.29, 0.717) is 24.3 Å². The van der Waals surface area contributed by atoms with Gasteiger partial charge in [-0.1, -0.05) is 30.3 Å². The van der Waals surface area contributed by atoms with Gasteiger partial charge in [0, 0.05) is 50.4 Å². The minimum atomic E-state index is -1.06. The van der Waals surface area contributed by atoms with Gasteiger partial charge in [-0.15, -0.1) is 0 Å². The predicted octanol–water partition coefficient (Wildman–Crippen LogP) is 1.81. The first-order valence-electron chi connectivity index (χ1n) is 9.90. The van der Waals surface area contributed by atoms with E-state index in [1.807, 2.05) is 18.2 Å². The average Bonchev–Trinajstić information content (AvgIpc) is 2.78. The Labute approximate surface area is 175 Å². The van der Waals surface area contributed by atoms with E-state index in [1.165, 1.54) is 11.9 Å². The summed E-state index contributed by atoms with van der Waals surface area (Å²) in [5, 5.41) is 12.7. The lowest BCUT2D eigenvalue weighted by Gasteiger charge is -2.36. The largest absolute Gasteiger partial charge is 0.481 e. The van der Waals surface area contributed by atoms with Gasteiger partial charge in [0.25, 0.3) is 0 Å². The molecule has 1 aliphatic rings. The molecule has 0 aromatic heterocycles. The number of para-hydroxylation sites is 2. The van der Waals surface area contributed by atoms with Crippen LogP contribution in [0.1, 0.15) is 12.0 Å². The van der Waals surface area contributed by atoms with Gasteiger partial charge < -0.3 is 14.7 Å². The van der Waals surface area contributed by atoms with Crippen LogP contribution in [-0.4, -0.2) is 67.4 Å². The average molecular weight is 410 g/mol. The quantitative estimate of drug-likeness (QED) is 0.484. The molecule has 0 bridgehead atoms. The molecular formula is C22H26N4O4. The van der Waals surface area contributed by atoms with E-state index in [2.05, 4.69) is 32.5 Å². The Morgan fingerprint density at radius 2 is 1.73 bits per heavy atom. The molecule has 3 rings (SSSR count). The lowest BCUT2D eigenvalue weighted by Crippen LogP contribution is -2.47. The van der Waals surface area contributed by atoms with Gasteiger partial charge in [-0.05, 0) is 24.3 Å². The monoisotopic (exact) mass is 410 g/mol. The van der Waals surface area contributed by atoms with Crippen molar-refractivity contribution in [3.63, 3.8) is 0 Å². The molecule has 1 saturated heterocycles. The summed E-state index contributed by atoms with van der Waals surface area (Å²) in [6.07, 6.45) is 1.81. The summed E-state index contributed by atoms with van der Waals surface area (Å²) in [6, 6.07) is 17.3. The molecule has 0 radical (unpaired) electrons. The molecule has 8 nitrogen and oxygen atoms in total. The van der Waals surface area contributed by atoms with E-state index in [1.54, 1.807) is 24.3 Å². The molecule has 0 unspecified atom stereocenters. The number of amides is 1. The minimum Gasteiger partial charge on any atom is -0.481 e. The molecule has 0 atom stereocenters. The van der Waals surface area contributed by atoms with Crippen molar-refractivity contribution in [1.29, 1.82) is 0 Å². The number of piperazine rings is 1. The maximum Gasteiger partial charge on any atom is 0.341 e. The predicted molar refractivity (Wildman–Crippen MR) is 115 cm³/mol. The molecule has 158 valence electrons. The fraction of sp³-hybridized carbons (Fsp3) is 0.318. The molecule has 2 aromatic carbocycles. The number of hydrogen-bond acceptors (Lipinski definition) is 6. The van der Waals surface area contributed by atoms with Crippen LogP contribution in [0.5, 0.6) is 5.75 Å². The molecule has 1 aliphatic heterocycles. The van der Waals surface area contributed by atoms with Crippen LogP contribution in [-0.2, 0) is 9.59 Å². The molecule has 0 spiro atoms. The van der Waals surface area contributed by atoms with E-state index in [9.17, 15) is 9.59 Å². The number of rotatable bonds is 9. The first-order chi connectivity index (χ1) is 14.6. The van der Waals surface area contributed by atoms with Gasteiger partial charge in [0.2, 0.25) is 5.91 Å². The summed E-state index contributed by atoms with van der Waals surface area (Å²) in [5.41, 5.74) is 4.35. The minimum absolute atomic E-state index is 0.166. The highest BCUT2D eigenvalue weighted by atomic mass is 16.5. The Morgan fingerprint density at radius 3 is 2.47 bits per heavy atom. The summed E-state index contributed by atoms with van der Waals surface area (Å²) in [7, 11) is 0. The number of carboxylic acids is 1. The highest BCUT2D eigenvalue weighted by Crippen LogP contribution is 2.16. The Balaban J connectivity index is 1.39. The molecule has 2 aromatic rings. The van der Waals surface area contributed by atoms with Crippen molar-refractivity contribution < 1.29 is 19.4 Å². The molecule has 0 saturated carbocycles. The normalized spacial score (nSPS) is 14.6. The summed E-state index contributed by atoms with van der Waals surface area (Å²) in [4.78, 5) is 27.4. The summed E-state index contributed by atoms with van der Waals surface area (Å²) in [5.74, 6) is -0.825. The van der Waals surface area contributed by atoms with Crippen molar-refractivity contribution >= 4 is 23.8 Å². The third-order valence-corrected chi connectivity index (χ3v) is 4.81. The maximum atomic E-state index is 12.1. The van der Waals surface area contributed by atoms with Crippen LogP contribution in [0.2, 0.25) is 0 Å². The number of nitrogens with zero attached hydrogens (tertiary/aromatic N) is 3. The number of carbonyl (C=O) groups excluding carboxylic acids is 1. The van der Waals surface area contributed by atoms with E-state index in [4.69, 9.17) is 9.84 Å². The Kier molecular flexibility index (Phi) is 7.79. The van der Waals surface area contributed by atoms with E-state index >= 15 is 0 Å². The van der Waals surface area contributed by atoms with Crippen molar-refractivity contribution in [3.8, 4) is 5.75 Å². The molecule has 8 heteroatoms. The number of carbonyl (C=O) groups is 2. The highest BCUT2D eigenvalue weighted by Gasteiger charge is 2.17. The van der Waals surface area contributed by atoms with Crippen molar-refractivity contribution in [2.24, 2.45) is 5.10 Å². The zero-order valence-corrected chi connectivity index (χ0v) is 16.7. The summed E-state index contributed by atoms with van der Waals surface area (Å²) in [6.45, 7) is 3.96. The van der Waals surface area contributed by atoms with E-state index < -0.39 is 12.6 Å². The molecule has 2 N–H and O–H groups in total. The second-order valence-electron chi connectivity index (χ2n) is 6.93. The summed E-state index contributed by atoms with van der Waals surface area (Å²) >= 11 is 0. The van der Waals surface area contributed by atoms with E-state index in [0.717, 1.165) is 26.2 Å². The Bertz CT molecular complexity index is 864. The van der Waals surface area contributed by atoms with Gasteiger partial charge in [0.15, 0.2) is 6.61 Å². The fourth-order valence-electron chi connectivity index (χ4n) is 3.22. The smallest absolute Gasteiger partial charge is 0.341 e. The number of hydrogen-bond donors (Lipinski definition) is 2. The van der Waals surface area contributed by atoms with Gasteiger partial charge in [-0.2, -0.15) is 5.10 Å². The third-order valence-electron chi connectivity index (χ3n) is 4.81. The lowest BCUT2D eigenvalue weighted by molar-refractivity contribution is -0.139. The molecule has 1 fully saturated rings. The highest BCUT2D eigenvalue weighted by molar-refractivity contribution is 5.85. The standard InChI is InChI=1S/C22H26N4O4/c27-21(24-23-16-18-6-4-5-9-20(18)30-17-22(28)29)10-11-25-12-14-26(15-13-25)19-7-2-1-3-8-19/h1-9,16H,10-15,17H2,(H,24,27)(H,28,29)/b23-16+. The van der Waals surface area contributed by atoms with Crippen molar-refractivity contribution in [3.05, 3.63) is 60.2 Å². The maximum absolute atomic E-state index is 12.1. The first kappa shape index (κ1) is 21.3. The van der Waals surface area contributed by atoms with Crippen molar-refractivity contribution in [2.75, 3.05) is 44.2 Å². The van der Waals surface area contributed by atoms with Crippen LogP contribution in [0, 0.1) is 0 Å². The lowest BCUT2D eigenvalue weighted by atomic mass is 10.2. The number of hydrazone groups is 1. The molecule has 1 heterocycles. The third kappa shape index (κ3) is 6.59. The SMILES string of the molecule is O=C(O)COc1ccccc1/C=N/NC(=O)CCN1CCN(c2ccccc2)CC1. The van der Waals surface area contributed by atoms with Crippen LogP contribution in [0.25, 0.3) is 0 Å². The number of anilines is 1. The number of benzene rings is 2. The van der Waals surface area contributed by atoms with Crippen LogP contribution in [0.4, 0.5) is 5.69 Å². The van der Waals surface area contributed by atoms with Gasteiger partial charge in [-0.3, -0.25) is 9.69 Å². The Morgan fingerprint density at radius 1 is 1.03 bits per heavy atom. The topological polar surface area (TPSA) is 94.5 Å². The molecule has 1 amide bonds. The second-order valence-corrected chi connectivity index (χ2v) is 6.93. The number of ether oxygens (including phenoxy) is 1. The van der Waals surface area contributed by atoms with Crippen LogP contribution in [0.15, 0.2) is 59.7 Å².